The third-order valence-corrected chi connectivity index (χ3v) is 2.27. The molecule has 0 amide bonds. The number of carboxylic acids is 1. The molecule has 1 N–H and O–H groups in total. The molecule has 88 valence electrons. The molecule has 1 heterocycles. The van der Waals surface area contributed by atoms with Crippen molar-refractivity contribution in [2.45, 2.75) is 32.7 Å². The maximum absolute atomic E-state index is 10.6. The Balaban J connectivity index is 3.09. The monoisotopic (exact) mass is 227 g/mol. The summed E-state index contributed by atoms with van der Waals surface area (Å²) >= 11 is 0. The first-order chi connectivity index (χ1) is 7.24. The molecule has 0 aliphatic rings. The number of carbonyl (C=O) groups is 1. The number of aliphatic carboxylic acids is 1. The van der Waals surface area contributed by atoms with Gasteiger partial charge in [0.25, 0.3) is 0 Å². The summed E-state index contributed by atoms with van der Waals surface area (Å²) in [4.78, 5) is 20.7. The van der Waals surface area contributed by atoms with Crippen molar-refractivity contribution in [1.82, 2.24) is 9.78 Å². The Kier molecular flexibility index (Phi) is 2.97. The number of nitro groups is 1. The van der Waals surface area contributed by atoms with Crippen molar-refractivity contribution < 1.29 is 14.8 Å². The molecule has 1 aromatic heterocycles. The number of hydrogen-bond acceptors (Lipinski definition) is 4. The van der Waals surface area contributed by atoms with Crippen molar-refractivity contribution in [3.8, 4) is 0 Å². The zero-order chi connectivity index (χ0) is 12.5. The Morgan fingerprint density at radius 3 is 2.62 bits per heavy atom. The molecule has 0 saturated heterocycles. The first kappa shape index (κ1) is 12.2. The van der Waals surface area contributed by atoms with Crippen LogP contribution in [-0.4, -0.2) is 25.8 Å². The predicted molar refractivity (Wildman–Crippen MR) is 55.2 cm³/mol. The lowest BCUT2D eigenvalue weighted by Gasteiger charge is -2.22. The minimum absolute atomic E-state index is 0.0986. The van der Waals surface area contributed by atoms with E-state index in [0.29, 0.717) is 0 Å². The number of rotatable bonds is 4. The molecular formula is C9H13N3O4. The molecule has 0 aromatic carbocycles. The number of carboxylic acid groups (broad SMARTS) is 1. The second kappa shape index (κ2) is 3.92. The third kappa shape index (κ3) is 2.36. The maximum atomic E-state index is 10.6. The Morgan fingerprint density at radius 2 is 2.25 bits per heavy atom. The number of hydrogen-bond donors (Lipinski definition) is 1. The van der Waals surface area contributed by atoms with E-state index in [1.807, 2.05) is 0 Å². The van der Waals surface area contributed by atoms with Gasteiger partial charge in [-0.1, -0.05) is 0 Å². The highest BCUT2D eigenvalue weighted by molar-refractivity contribution is 5.67. The van der Waals surface area contributed by atoms with Gasteiger partial charge in [0.05, 0.1) is 16.9 Å². The maximum Gasteiger partial charge on any atom is 0.309 e. The highest BCUT2D eigenvalue weighted by Crippen LogP contribution is 2.24. The van der Waals surface area contributed by atoms with Crippen LogP contribution < -0.4 is 0 Å². The van der Waals surface area contributed by atoms with Crippen LogP contribution in [0.15, 0.2) is 6.20 Å². The van der Waals surface area contributed by atoms with Crippen molar-refractivity contribution in [2.75, 3.05) is 0 Å². The fourth-order valence-electron chi connectivity index (χ4n) is 1.39. The summed E-state index contributed by atoms with van der Waals surface area (Å²) in [5, 5.41) is 23.3. The summed E-state index contributed by atoms with van der Waals surface area (Å²) in [6.07, 6.45) is 1.11. The molecule has 0 unspecified atom stereocenters. The van der Waals surface area contributed by atoms with Crippen molar-refractivity contribution in [3.05, 3.63) is 22.0 Å². The molecule has 7 nitrogen and oxygen atoms in total. The van der Waals surface area contributed by atoms with Gasteiger partial charge in [0.15, 0.2) is 0 Å². The first-order valence-corrected chi connectivity index (χ1v) is 4.67. The second-order valence-electron chi connectivity index (χ2n) is 4.18. The molecule has 1 rings (SSSR count). The van der Waals surface area contributed by atoms with Crippen LogP contribution in [0.4, 0.5) is 5.69 Å². The van der Waals surface area contributed by atoms with Gasteiger partial charge in [-0.2, -0.15) is 5.10 Å². The smallest absolute Gasteiger partial charge is 0.309 e. The van der Waals surface area contributed by atoms with Gasteiger partial charge in [0.1, 0.15) is 11.9 Å². The molecule has 1 aromatic rings. The third-order valence-electron chi connectivity index (χ3n) is 2.27. The van der Waals surface area contributed by atoms with Crippen LogP contribution in [0.1, 0.15) is 26.0 Å². The Hall–Kier alpha value is -1.92. The van der Waals surface area contributed by atoms with Gasteiger partial charge < -0.3 is 5.11 Å². The van der Waals surface area contributed by atoms with Crippen molar-refractivity contribution in [3.63, 3.8) is 0 Å². The molecule has 0 aliphatic carbocycles. The summed E-state index contributed by atoms with van der Waals surface area (Å²) < 4.78 is 1.33. The average molecular weight is 227 g/mol. The first-order valence-electron chi connectivity index (χ1n) is 4.67. The van der Waals surface area contributed by atoms with Crippen LogP contribution in [-0.2, 0) is 10.3 Å². The van der Waals surface area contributed by atoms with Crippen molar-refractivity contribution in [1.29, 1.82) is 0 Å². The van der Waals surface area contributed by atoms with E-state index in [-0.39, 0.29) is 17.8 Å². The summed E-state index contributed by atoms with van der Waals surface area (Å²) in [6.45, 7) is 4.85. The van der Waals surface area contributed by atoms with Crippen molar-refractivity contribution in [2.24, 2.45) is 0 Å². The van der Waals surface area contributed by atoms with Crippen LogP contribution in [0.25, 0.3) is 0 Å². The fourth-order valence-corrected chi connectivity index (χ4v) is 1.39. The van der Waals surface area contributed by atoms with Gasteiger partial charge >= 0.3 is 11.7 Å². The van der Waals surface area contributed by atoms with Crippen molar-refractivity contribution >= 4 is 11.7 Å². The summed E-state index contributed by atoms with van der Waals surface area (Å²) in [5.41, 5.74) is -0.605. The molecule has 0 saturated carbocycles. The summed E-state index contributed by atoms with van der Waals surface area (Å²) in [5.74, 6) is -0.971. The molecule has 0 bridgehead atoms. The van der Waals surface area contributed by atoms with E-state index in [9.17, 15) is 14.9 Å². The van der Waals surface area contributed by atoms with Gasteiger partial charge in [-0.3, -0.25) is 19.6 Å². The van der Waals surface area contributed by atoms with Crippen LogP contribution in [0, 0.1) is 17.0 Å². The number of aromatic nitrogens is 2. The van der Waals surface area contributed by atoms with Crippen LogP contribution in [0.3, 0.4) is 0 Å². The standard InChI is InChI=1S/C9H13N3O4/c1-6-7(12(15)16)5-11(10-6)9(2,3)4-8(13)14/h5H,4H2,1-3H3,(H,13,14). The highest BCUT2D eigenvalue weighted by Gasteiger charge is 2.28. The molecular weight excluding hydrogens is 214 g/mol. The lowest BCUT2D eigenvalue weighted by atomic mass is 10.0. The summed E-state index contributed by atoms with van der Waals surface area (Å²) in [7, 11) is 0. The largest absolute Gasteiger partial charge is 0.481 e. The normalized spacial score (nSPS) is 11.4. The molecule has 16 heavy (non-hydrogen) atoms. The summed E-state index contributed by atoms with van der Waals surface area (Å²) in [6, 6.07) is 0. The lowest BCUT2D eigenvalue weighted by Crippen LogP contribution is -2.29. The molecule has 0 atom stereocenters. The topological polar surface area (TPSA) is 98.3 Å². The minimum atomic E-state index is -0.971. The molecule has 0 aliphatic heterocycles. The van der Waals surface area contributed by atoms with E-state index in [0.717, 1.165) is 0 Å². The Labute approximate surface area is 91.8 Å². The minimum Gasteiger partial charge on any atom is -0.481 e. The van der Waals surface area contributed by atoms with Crippen LogP contribution in [0.2, 0.25) is 0 Å². The average Bonchev–Trinajstić information content (AvgIpc) is 2.45. The second-order valence-corrected chi connectivity index (χ2v) is 4.18. The number of aryl methyl sites for hydroxylation is 1. The zero-order valence-electron chi connectivity index (χ0n) is 9.30. The Morgan fingerprint density at radius 1 is 1.69 bits per heavy atom. The van der Waals surface area contributed by atoms with E-state index in [1.54, 1.807) is 13.8 Å². The van der Waals surface area contributed by atoms with E-state index in [2.05, 4.69) is 5.10 Å². The van der Waals surface area contributed by atoms with Crippen LogP contribution >= 0.6 is 0 Å². The molecule has 0 fully saturated rings. The van der Waals surface area contributed by atoms with E-state index in [1.165, 1.54) is 17.8 Å². The zero-order valence-corrected chi connectivity index (χ0v) is 9.30. The van der Waals surface area contributed by atoms with Gasteiger partial charge in [0, 0.05) is 0 Å². The number of nitrogens with zero attached hydrogens (tertiary/aromatic N) is 3. The molecule has 0 radical (unpaired) electrons. The highest BCUT2D eigenvalue weighted by atomic mass is 16.6. The molecule has 7 heteroatoms. The quantitative estimate of drug-likeness (QED) is 0.617. The van der Waals surface area contributed by atoms with E-state index in [4.69, 9.17) is 5.11 Å². The van der Waals surface area contributed by atoms with Gasteiger partial charge in [0.2, 0.25) is 0 Å². The predicted octanol–water partition coefficient (Wildman–Crippen LogP) is 1.31. The Bertz CT molecular complexity index is 436. The SMILES string of the molecule is Cc1nn(C(C)(C)CC(=O)O)cc1[N+](=O)[O-]. The van der Waals surface area contributed by atoms with Gasteiger partial charge in [-0.15, -0.1) is 0 Å². The van der Waals surface area contributed by atoms with Gasteiger partial charge in [-0.25, -0.2) is 0 Å². The van der Waals surface area contributed by atoms with E-state index >= 15 is 0 Å². The fraction of sp³-hybridized carbons (Fsp3) is 0.556. The van der Waals surface area contributed by atoms with Gasteiger partial charge in [-0.05, 0) is 20.8 Å². The van der Waals surface area contributed by atoms with E-state index < -0.39 is 16.4 Å². The lowest BCUT2D eigenvalue weighted by molar-refractivity contribution is -0.385. The molecule has 0 spiro atoms. The van der Waals surface area contributed by atoms with Crippen LogP contribution in [0.5, 0.6) is 0 Å².